The topological polar surface area (TPSA) is 108 Å². The Hall–Kier alpha value is -1.54. The smallest absolute Gasteiger partial charge is 0.268 e. The van der Waals surface area contributed by atoms with Crippen molar-refractivity contribution < 1.29 is 32.9 Å². The van der Waals surface area contributed by atoms with E-state index in [1.165, 1.54) is 193 Å². The van der Waals surface area contributed by atoms with Gasteiger partial charge in [-0.05, 0) is 57.8 Å². The van der Waals surface area contributed by atoms with Crippen LogP contribution in [0.1, 0.15) is 264 Å². The molecule has 394 valence electrons. The number of amides is 1. The van der Waals surface area contributed by atoms with E-state index >= 15 is 0 Å². The fourth-order valence-corrected chi connectivity index (χ4v) is 9.00. The number of aliphatic hydroxyl groups excluding tert-OH is 1. The van der Waals surface area contributed by atoms with Crippen molar-refractivity contribution in [2.75, 3.05) is 40.9 Å². The van der Waals surface area contributed by atoms with E-state index in [1.54, 1.807) is 6.08 Å². The molecule has 67 heavy (non-hydrogen) atoms. The monoisotopic (exact) mass is 963 g/mol. The lowest BCUT2D eigenvalue weighted by Gasteiger charge is -2.29. The summed E-state index contributed by atoms with van der Waals surface area (Å²) < 4.78 is 23.3. The number of rotatable bonds is 52. The molecule has 8 nitrogen and oxygen atoms in total. The van der Waals surface area contributed by atoms with E-state index in [2.05, 4.69) is 55.6 Å². The molecule has 2 N–H and O–H groups in total. The van der Waals surface area contributed by atoms with Crippen molar-refractivity contribution >= 4 is 13.7 Å². The number of hydrogen-bond donors (Lipinski definition) is 2. The van der Waals surface area contributed by atoms with Crippen LogP contribution < -0.4 is 10.2 Å². The second kappa shape index (κ2) is 49.4. The molecule has 0 aromatic heterocycles. The summed E-state index contributed by atoms with van der Waals surface area (Å²) in [7, 11) is 1.27. The Morgan fingerprint density at radius 2 is 0.866 bits per heavy atom. The van der Waals surface area contributed by atoms with E-state index in [9.17, 15) is 19.4 Å². The molecule has 1 amide bonds. The highest BCUT2D eigenvalue weighted by Gasteiger charge is 2.23. The van der Waals surface area contributed by atoms with Crippen LogP contribution in [0.4, 0.5) is 0 Å². The van der Waals surface area contributed by atoms with Crippen LogP contribution in [0.15, 0.2) is 48.6 Å². The number of nitrogens with one attached hydrogen (secondary N) is 1. The van der Waals surface area contributed by atoms with Gasteiger partial charge in [-0.2, -0.15) is 0 Å². The molecule has 0 saturated heterocycles. The quantitative estimate of drug-likeness (QED) is 0.0272. The number of carbonyl (C=O) groups is 1. The Labute approximate surface area is 416 Å². The number of nitrogens with zero attached hydrogens (tertiary/aromatic N) is 1. The number of unbranched alkanes of at least 4 members (excludes halogenated alkanes) is 33. The first kappa shape index (κ1) is 65.5. The highest BCUT2D eigenvalue weighted by atomic mass is 31.2. The van der Waals surface area contributed by atoms with Crippen molar-refractivity contribution in [2.24, 2.45) is 0 Å². The Bertz CT molecular complexity index is 1230. The second-order valence-corrected chi connectivity index (χ2v) is 22.1. The third-order valence-corrected chi connectivity index (χ3v) is 13.7. The maximum absolute atomic E-state index is 12.9. The van der Waals surface area contributed by atoms with Crippen molar-refractivity contribution in [1.82, 2.24) is 5.32 Å². The number of allylic oxidation sites excluding steroid dienone is 7. The molecular formula is C58H111N2O6P. The van der Waals surface area contributed by atoms with E-state index in [0.717, 1.165) is 51.4 Å². The molecule has 0 aliphatic carbocycles. The summed E-state index contributed by atoms with van der Waals surface area (Å²) in [4.78, 5) is 25.4. The molecule has 0 saturated carbocycles. The number of phosphoric ester groups is 1. The van der Waals surface area contributed by atoms with Crippen LogP contribution >= 0.6 is 7.82 Å². The first-order chi connectivity index (χ1) is 32.5. The van der Waals surface area contributed by atoms with E-state index in [4.69, 9.17) is 9.05 Å². The van der Waals surface area contributed by atoms with E-state index < -0.39 is 20.0 Å². The molecule has 9 heteroatoms. The van der Waals surface area contributed by atoms with Crippen molar-refractivity contribution in [3.05, 3.63) is 48.6 Å². The number of phosphoric acid groups is 1. The summed E-state index contributed by atoms with van der Waals surface area (Å²) in [5, 5.41) is 13.8. The van der Waals surface area contributed by atoms with Crippen LogP contribution in [-0.4, -0.2) is 68.5 Å². The number of quaternary nitrogens is 1. The van der Waals surface area contributed by atoms with Crippen molar-refractivity contribution in [3.8, 4) is 0 Å². The largest absolute Gasteiger partial charge is 0.756 e. The average Bonchev–Trinajstić information content (AvgIpc) is 3.29. The van der Waals surface area contributed by atoms with E-state index in [0.29, 0.717) is 17.4 Å². The molecule has 0 fully saturated rings. The summed E-state index contributed by atoms with van der Waals surface area (Å²) in [5.74, 6) is -0.196. The van der Waals surface area contributed by atoms with Crippen LogP contribution in [0.2, 0.25) is 0 Å². The van der Waals surface area contributed by atoms with Crippen molar-refractivity contribution in [2.45, 2.75) is 276 Å². The predicted octanol–water partition coefficient (Wildman–Crippen LogP) is 16.5. The molecule has 0 aliphatic rings. The lowest BCUT2D eigenvalue weighted by Crippen LogP contribution is -2.45. The molecule has 0 radical (unpaired) electrons. The zero-order valence-electron chi connectivity index (χ0n) is 44.9. The normalized spacial score (nSPS) is 14.3. The van der Waals surface area contributed by atoms with Gasteiger partial charge in [0.25, 0.3) is 7.82 Å². The highest BCUT2D eigenvalue weighted by molar-refractivity contribution is 7.45. The molecule has 3 atom stereocenters. The number of aliphatic hydroxyl groups is 1. The molecule has 0 aromatic rings. The van der Waals surface area contributed by atoms with Crippen LogP contribution in [0, 0.1) is 0 Å². The second-order valence-electron chi connectivity index (χ2n) is 20.6. The number of carbonyl (C=O) groups excluding carboxylic acids is 1. The van der Waals surface area contributed by atoms with E-state index in [1.807, 2.05) is 27.2 Å². The summed E-state index contributed by atoms with van der Waals surface area (Å²) in [6, 6.07) is -0.885. The van der Waals surface area contributed by atoms with Crippen LogP contribution in [-0.2, 0) is 18.4 Å². The van der Waals surface area contributed by atoms with Crippen molar-refractivity contribution in [1.29, 1.82) is 0 Å². The lowest BCUT2D eigenvalue weighted by atomic mass is 10.0. The zero-order chi connectivity index (χ0) is 49.2. The van der Waals surface area contributed by atoms with Gasteiger partial charge in [-0.15, -0.1) is 0 Å². The Balaban J connectivity index is 4.00. The predicted molar refractivity (Wildman–Crippen MR) is 288 cm³/mol. The van der Waals surface area contributed by atoms with E-state index in [-0.39, 0.29) is 19.1 Å². The maximum atomic E-state index is 12.9. The summed E-state index contributed by atoms with van der Waals surface area (Å²) in [6.07, 6.45) is 64.8. The lowest BCUT2D eigenvalue weighted by molar-refractivity contribution is -0.870. The van der Waals surface area contributed by atoms with Crippen LogP contribution in [0.25, 0.3) is 0 Å². The zero-order valence-corrected chi connectivity index (χ0v) is 45.7. The molecule has 0 rings (SSSR count). The Morgan fingerprint density at radius 1 is 0.522 bits per heavy atom. The molecule has 0 bridgehead atoms. The molecule has 3 unspecified atom stereocenters. The van der Waals surface area contributed by atoms with Crippen molar-refractivity contribution in [3.63, 3.8) is 0 Å². The van der Waals surface area contributed by atoms with Gasteiger partial charge in [0.15, 0.2) is 0 Å². The molecule has 0 aliphatic heterocycles. The summed E-state index contributed by atoms with van der Waals surface area (Å²) in [6.45, 7) is 4.64. The fraction of sp³-hybridized carbons (Fsp3) is 0.845. The highest BCUT2D eigenvalue weighted by Crippen LogP contribution is 2.38. The Morgan fingerprint density at radius 3 is 1.25 bits per heavy atom. The third-order valence-electron chi connectivity index (χ3n) is 12.8. The van der Waals surface area contributed by atoms with Gasteiger partial charge in [-0.25, -0.2) is 0 Å². The fourth-order valence-electron chi connectivity index (χ4n) is 8.28. The standard InChI is InChI=1S/C58H111N2O6P/c1-6-8-10-12-14-16-18-20-21-22-23-24-25-26-27-28-29-30-31-32-33-34-35-36-37-38-39-40-42-44-46-48-50-52-58(62)59-56(55-66-67(63,64)65-54-53-60(3,4)5)57(61)51-49-47-45-43-41-19-17-15-13-11-9-7-2/h18,20,22-23,25-26,49,51,56-57,61H,6-17,19,21,24,27-48,50,52-55H2,1-5H3,(H-,59,62,63,64)/b20-18-,23-22-,26-25-,51-49+. The third kappa shape index (κ3) is 52.1. The average molecular weight is 964 g/mol. The molecular weight excluding hydrogens is 852 g/mol. The molecule has 0 spiro atoms. The van der Waals surface area contributed by atoms with Gasteiger partial charge in [0.1, 0.15) is 13.2 Å². The van der Waals surface area contributed by atoms with Gasteiger partial charge < -0.3 is 28.8 Å². The maximum Gasteiger partial charge on any atom is 0.268 e. The van der Waals surface area contributed by atoms with Crippen LogP contribution in [0.5, 0.6) is 0 Å². The van der Waals surface area contributed by atoms with Gasteiger partial charge in [0, 0.05) is 6.42 Å². The van der Waals surface area contributed by atoms with Gasteiger partial charge in [0.2, 0.25) is 5.91 Å². The molecule has 0 heterocycles. The first-order valence-electron chi connectivity index (χ1n) is 28.5. The number of hydrogen-bond acceptors (Lipinski definition) is 6. The minimum atomic E-state index is -4.59. The van der Waals surface area contributed by atoms with Gasteiger partial charge in [0.05, 0.1) is 39.9 Å². The van der Waals surface area contributed by atoms with Gasteiger partial charge in [-0.3, -0.25) is 9.36 Å². The number of likely N-dealkylation sites (N-methyl/N-ethyl adjacent to an activating group) is 1. The SMILES string of the molecule is CCCCCCC/C=C\C/C=C\C/C=C\CCCCCCCCCCCCCCCCCCCCC(=O)NC(COP(=O)([O-])OCC[N+](C)(C)C)C(O)/C=C/CCCCCCCCCCCC. The minimum Gasteiger partial charge on any atom is -0.756 e. The Kier molecular flexibility index (Phi) is 48.3. The molecule has 0 aromatic carbocycles. The minimum absolute atomic E-state index is 0.000566. The summed E-state index contributed by atoms with van der Waals surface area (Å²) >= 11 is 0. The van der Waals surface area contributed by atoms with Gasteiger partial charge in [-0.1, -0.05) is 249 Å². The first-order valence-corrected chi connectivity index (χ1v) is 30.0. The van der Waals surface area contributed by atoms with Gasteiger partial charge >= 0.3 is 0 Å². The summed E-state index contributed by atoms with van der Waals surface area (Å²) in [5.41, 5.74) is 0. The van der Waals surface area contributed by atoms with Crippen LogP contribution in [0.3, 0.4) is 0 Å².